The number of anilines is 1. The summed E-state index contributed by atoms with van der Waals surface area (Å²) in [7, 11) is 0. The van der Waals surface area contributed by atoms with Crippen molar-refractivity contribution in [3.8, 4) is 0 Å². The summed E-state index contributed by atoms with van der Waals surface area (Å²) in [6, 6.07) is 9.35. The predicted octanol–water partition coefficient (Wildman–Crippen LogP) is 4.65. The average Bonchev–Trinajstić information content (AvgIpc) is 2.38. The van der Waals surface area contributed by atoms with Gasteiger partial charge in [-0.05, 0) is 64.5 Å². The molecule has 0 radical (unpaired) electrons. The predicted molar refractivity (Wildman–Crippen MR) is 89.6 cm³/mol. The number of nitrogens with one attached hydrogen (secondary N) is 1. The first-order valence-corrected chi connectivity index (χ1v) is 8.71. The van der Waals surface area contributed by atoms with Crippen molar-refractivity contribution in [2.45, 2.75) is 63.5 Å². The molecular weight excluding hydrogens is 266 g/mol. The zero-order valence-corrected chi connectivity index (χ0v) is 14.1. The fraction of sp³-hybridized carbons (Fsp3) is 0.647. The molecule has 1 saturated heterocycles. The topological polar surface area (TPSA) is 21.3 Å². The summed E-state index contributed by atoms with van der Waals surface area (Å²) in [5.74, 6) is 0. The molecule has 112 valence electrons. The molecule has 0 bridgehead atoms. The number of thioether (sulfide) groups is 1. The lowest BCUT2D eigenvalue weighted by atomic mass is 9.98. The molecule has 1 aliphatic rings. The van der Waals surface area contributed by atoms with E-state index in [1.807, 2.05) is 11.8 Å². The summed E-state index contributed by atoms with van der Waals surface area (Å²) in [6.07, 6.45) is 5.03. The molecule has 0 spiro atoms. The maximum atomic E-state index is 5.81. The molecule has 1 aromatic rings. The van der Waals surface area contributed by atoms with Crippen LogP contribution in [0.2, 0.25) is 0 Å². The molecule has 3 heteroatoms. The third-order valence-electron chi connectivity index (χ3n) is 4.14. The molecule has 0 saturated carbocycles. The van der Waals surface area contributed by atoms with Crippen molar-refractivity contribution < 1.29 is 4.74 Å². The second kappa shape index (κ2) is 6.40. The molecule has 0 aromatic heterocycles. The summed E-state index contributed by atoms with van der Waals surface area (Å²) in [6.45, 7) is 8.87. The van der Waals surface area contributed by atoms with Gasteiger partial charge in [-0.3, -0.25) is 0 Å². The third-order valence-corrected chi connectivity index (χ3v) is 5.39. The van der Waals surface area contributed by atoms with Crippen LogP contribution >= 0.6 is 11.8 Å². The van der Waals surface area contributed by atoms with Gasteiger partial charge in [-0.1, -0.05) is 12.1 Å². The van der Waals surface area contributed by atoms with Gasteiger partial charge in [0.2, 0.25) is 0 Å². The molecule has 1 fully saturated rings. The molecule has 0 aliphatic carbocycles. The van der Waals surface area contributed by atoms with Crippen molar-refractivity contribution in [3.05, 3.63) is 29.8 Å². The van der Waals surface area contributed by atoms with Crippen molar-refractivity contribution in [1.82, 2.24) is 0 Å². The third kappa shape index (κ3) is 3.92. The lowest BCUT2D eigenvalue weighted by Gasteiger charge is -2.33. The van der Waals surface area contributed by atoms with Crippen LogP contribution < -0.4 is 5.32 Å². The van der Waals surface area contributed by atoms with Gasteiger partial charge in [0.15, 0.2) is 0 Å². The number of rotatable bonds is 4. The highest BCUT2D eigenvalue weighted by Crippen LogP contribution is 2.35. The maximum Gasteiger partial charge on any atom is 0.0570 e. The first kappa shape index (κ1) is 15.7. The Kier molecular flexibility index (Phi) is 5.03. The highest BCUT2D eigenvalue weighted by Gasteiger charge is 2.25. The van der Waals surface area contributed by atoms with Crippen LogP contribution in [0, 0.1) is 0 Å². The fourth-order valence-corrected chi connectivity index (χ4v) is 3.22. The Morgan fingerprint density at radius 2 is 1.85 bits per heavy atom. The van der Waals surface area contributed by atoms with Gasteiger partial charge in [-0.2, -0.15) is 11.8 Å². The van der Waals surface area contributed by atoms with E-state index in [0.29, 0.717) is 18.2 Å². The second-order valence-electron chi connectivity index (χ2n) is 6.37. The van der Waals surface area contributed by atoms with E-state index in [9.17, 15) is 0 Å². The van der Waals surface area contributed by atoms with Crippen molar-refractivity contribution >= 4 is 17.4 Å². The lowest BCUT2D eigenvalue weighted by Crippen LogP contribution is -2.36. The number of hydrogen-bond donors (Lipinski definition) is 1. The molecule has 0 amide bonds. The van der Waals surface area contributed by atoms with Crippen LogP contribution in [0.15, 0.2) is 24.3 Å². The quantitative estimate of drug-likeness (QED) is 0.873. The van der Waals surface area contributed by atoms with Gasteiger partial charge in [-0.15, -0.1) is 0 Å². The monoisotopic (exact) mass is 293 g/mol. The molecule has 20 heavy (non-hydrogen) atoms. The van der Waals surface area contributed by atoms with E-state index in [0.717, 1.165) is 12.8 Å². The average molecular weight is 293 g/mol. The molecular formula is C17H27NOS. The van der Waals surface area contributed by atoms with Gasteiger partial charge in [0.1, 0.15) is 0 Å². The van der Waals surface area contributed by atoms with E-state index in [2.05, 4.69) is 63.5 Å². The summed E-state index contributed by atoms with van der Waals surface area (Å²) in [5.41, 5.74) is 2.61. The van der Waals surface area contributed by atoms with E-state index < -0.39 is 0 Å². The molecule has 2 unspecified atom stereocenters. The van der Waals surface area contributed by atoms with Gasteiger partial charge in [0, 0.05) is 16.5 Å². The zero-order chi connectivity index (χ0) is 14.8. The van der Waals surface area contributed by atoms with Crippen LogP contribution in [0.4, 0.5) is 5.69 Å². The van der Waals surface area contributed by atoms with Crippen LogP contribution in [0.3, 0.4) is 0 Å². The van der Waals surface area contributed by atoms with Crippen molar-refractivity contribution in [1.29, 1.82) is 0 Å². The standard InChI is InChI=1S/C17H27NOS/c1-12-9-16(10-13(2)19-12)18-15-8-6-7-14(11-15)17(3,4)20-5/h6-8,11-13,16,18H,9-10H2,1-5H3. The Balaban J connectivity index is 2.08. The van der Waals surface area contributed by atoms with Crippen molar-refractivity contribution in [3.63, 3.8) is 0 Å². The summed E-state index contributed by atoms with van der Waals surface area (Å²) < 4.78 is 5.97. The van der Waals surface area contributed by atoms with Crippen LogP contribution in [-0.2, 0) is 9.48 Å². The largest absolute Gasteiger partial charge is 0.382 e. The summed E-state index contributed by atoms with van der Waals surface area (Å²) in [5, 5.41) is 3.69. The van der Waals surface area contributed by atoms with E-state index in [4.69, 9.17) is 4.74 Å². The minimum absolute atomic E-state index is 0.161. The first-order chi connectivity index (χ1) is 9.40. The Bertz CT molecular complexity index is 436. The van der Waals surface area contributed by atoms with E-state index in [1.165, 1.54) is 11.3 Å². The summed E-state index contributed by atoms with van der Waals surface area (Å²) >= 11 is 1.89. The molecule has 1 N–H and O–H groups in total. The summed E-state index contributed by atoms with van der Waals surface area (Å²) in [4.78, 5) is 0. The molecule has 1 aromatic carbocycles. The first-order valence-electron chi connectivity index (χ1n) is 7.48. The van der Waals surface area contributed by atoms with Gasteiger partial charge in [0.05, 0.1) is 12.2 Å². The minimum atomic E-state index is 0.161. The number of benzene rings is 1. The number of hydrogen-bond acceptors (Lipinski definition) is 3. The van der Waals surface area contributed by atoms with Crippen LogP contribution in [0.1, 0.15) is 46.1 Å². The zero-order valence-electron chi connectivity index (χ0n) is 13.3. The SMILES string of the molecule is CSC(C)(C)c1cccc(NC2CC(C)OC(C)C2)c1. The highest BCUT2D eigenvalue weighted by molar-refractivity contribution is 7.99. The highest BCUT2D eigenvalue weighted by atomic mass is 32.2. The van der Waals surface area contributed by atoms with Gasteiger partial charge < -0.3 is 10.1 Å². The second-order valence-corrected chi connectivity index (χ2v) is 7.79. The van der Waals surface area contributed by atoms with Crippen LogP contribution in [0.5, 0.6) is 0 Å². The van der Waals surface area contributed by atoms with Gasteiger partial charge in [-0.25, -0.2) is 0 Å². The van der Waals surface area contributed by atoms with Crippen molar-refractivity contribution in [2.75, 3.05) is 11.6 Å². The molecule has 2 rings (SSSR count). The van der Waals surface area contributed by atoms with Gasteiger partial charge >= 0.3 is 0 Å². The van der Waals surface area contributed by atoms with Gasteiger partial charge in [0.25, 0.3) is 0 Å². The Morgan fingerprint density at radius 3 is 2.45 bits per heavy atom. The Morgan fingerprint density at radius 1 is 1.20 bits per heavy atom. The molecule has 2 atom stereocenters. The maximum absolute atomic E-state index is 5.81. The normalized spacial score (nSPS) is 27.4. The molecule has 1 heterocycles. The van der Waals surface area contributed by atoms with Crippen LogP contribution in [0.25, 0.3) is 0 Å². The number of ether oxygens (including phenoxy) is 1. The fourth-order valence-electron chi connectivity index (χ4n) is 2.86. The van der Waals surface area contributed by atoms with Crippen LogP contribution in [-0.4, -0.2) is 24.5 Å². The van der Waals surface area contributed by atoms with Crippen molar-refractivity contribution in [2.24, 2.45) is 0 Å². The van der Waals surface area contributed by atoms with E-state index >= 15 is 0 Å². The minimum Gasteiger partial charge on any atom is -0.382 e. The molecule has 1 aliphatic heterocycles. The smallest absolute Gasteiger partial charge is 0.0570 e. The van der Waals surface area contributed by atoms with E-state index in [-0.39, 0.29) is 4.75 Å². The Hall–Kier alpha value is -0.670. The Labute approximate surface area is 127 Å². The van der Waals surface area contributed by atoms with E-state index in [1.54, 1.807) is 0 Å². The lowest BCUT2D eigenvalue weighted by molar-refractivity contribution is -0.0337. The molecule has 2 nitrogen and oxygen atoms in total.